The third-order valence-electron chi connectivity index (χ3n) is 4.80. The molecule has 29 heavy (non-hydrogen) atoms. The Morgan fingerprint density at radius 2 is 1.52 bits per heavy atom. The van der Waals surface area contributed by atoms with Crippen LogP contribution in [0, 0.1) is 6.92 Å². The highest BCUT2D eigenvalue weighted by atomic mass is 35.5. The minimum absolute atomic E-state index is 0.209. The van der Waals surface area contributed by atoms with E-state index in [4.69, 9.17) is 23.2 Å². The Morgan fingerprint density at radius 1 is 0.828 bits per heavy atom. The smallest absolute Gasteiger partial charge is 0.337 e. The van der Waals surface area contributed by atoms with Crippen molar-refractivity contribution < 1.29 is 9.90 Å². The van der Waals surface area contributed by atoms with Crippen LogP contribution in [0.3, 0.4) is 0 Å². The van der Waals surface area contributed by atoms with Gasteiger partial charge in [0.1, 0.15) is 0 Å². The molecule has 3 nitrogen and oxygen atoms in total. The number of aromatic carboxylic acids is 1. The summed E-state index contributed by atoms with van der Waals surface area (Å²) in [4.78, 5) is 12.2. The molecule has 3 aromatic carbocycles. The van der Waals surface area contributed by atoms with E-state index in [2.05, 4.69) is 0 Å². The lowest BCUT2D eigenvalue weighted by Crippen LogP contribution is -2.04. The SMILES string of the molecule is Cc1cc(Cl)ccc1-n1c(-c2ccccc2)cc(C(=O)O)c1-c1cccc(Cl)c1. The second-order valence-electron chi connectivity index (χ2n) is 6.74. The van der Waals surface area contributed by atoms with Crippen LogP contribution in [0.25, 0.3) is 28.2 Å². The summed E-state index contributed by atoms with van der Waals surface area (Å²) >= 11 is 12.4. The fourth-order valence-corrected chi connectivity index (χ4v) is 3.95. The number of benzene rings is 3. The number of rotatable bonds is 4. The highest BCUT2D eigenvalue weighted by molar-refractivity contribution is 6.31. The van der Waals surface area contributed by atoms with Gasteiger partial charge in [-0.05, 0) is 54.4 Å². The van der Waals surface area contributed by atoms with Gasteiger partial charge in [0.2, 0.25) is 0 Å². The molecule has 4 rings (SSSR count). The number of carbonyl (C=O) groups is 1. The van der Waals surface area contributed by atoms with Crippen LogP contribution in [0.15, 0.2) is 78.9 Å². The second kappa shape index (κ2) is 7.78. The normalized spacial score (nSPS) is 10.9. The number of halogens is 2. The predicted octanol–water partition coefficient (Wildman–Crippen LogP) is 7.12. The lowest BCUT2D eigenvalue weighted by atomic mass is 10.1. The first-order valence-corrected chi connectivity index (χ1v) is 9.78. The first kappa shape index (κ1) is 19.3. The summed E-state index contributed by atoms with van der Waals surface area (Å²) in [7, 11) is 0. The van der Waals surface area contributed by atoms with Crippen molar-refractivity contribution in [1.82, 2.24) is 4.57 Å². The maximum Gasteiger partial charge on any atom is 0.337 e. The molecule has 0 spiro atoms. The summed E-state index contributed by atoms with van der Waals surface area (Å²) in [6.07, 6.45) is 0. The van der Waals surface area contributed by atoms with Crippen molar-refractivity contribution in [3.05, 3.63) is 100 Å². The fraction of sp³-hybridized carbons (Fsp3) is 0.0417. The summed E-state index contributed by atoms with van der Waals surface area (Å²) in [6.45, 7) is 1.96. The molecule has 144 valence electrons. The van der Waals surface area contributed by atoms with Crippen LogP contribution in [-0.4, -0.2) is 15.6 Å². The molecule has 0 saturated heterocycles. The molecule has 0 radical (unpaired) electrons. The van der Waals surface area contributed by atoms with Gasteiger partial charge in [0, 0.05) is 21.3 Å². The lowest BCUT2D eigenvalue weighted by molar-refractivity contribution is 0.0698. The van der Waals surface area contributed by atoms with Gasteiger partial charge in [0.25, 0.3) is 0 Å². The number of aromatic nitrogens is 1. The summed E-state index contributed by atoms with van der Waals surface area (Å²) in [5.41, 5.74) is 5.00. The number of hydrogen-bond donors (Lipinski definition) is 1. The molecule has 0 aliphatic heterocycles. The number of nitrogens with zero attached hydrogens (tertiary/aromatic N) is 1. The molecule has 0 atom stereocenters. The Morgan fingerprint density at radius 3 is 2.17 bits per heavy atom. The molecule has 0 unspecified atom stereocenters. The largest absolute Gasteiger partial charge is 0.478 e. The molecule has 5 heteroatoms. The highest BCUT2D eigenvalue weighted by Crippen LogP contribution is 2.38. The molecule has 0 amide bonds. The molecule has 0 aliphatic carbocycles. The molecular weight excluding hydrogens is 405 g/mol. The molecule has 0 bridgehead atoms. The van der Waals surface area contributed by atoms with Crippen molar-refractivity contribution >= 4 is 29.2 Å². The number of aryl methyl sites for hydroxylation is 1. The van der Waals surface area contributed by atoms with Crippen LogP contribution in [-0.2, 0) is 0 Å². The van der Waals surface area contributed by atoms with E-state index in [0.29, 0.717) is 15.7 Å². The van der Waals surface area contributed by atoms with Crippen LogP contribution in [0.1, 0.15) is 15.9 Å². The van der Waals surface area contributed by atoms with Gasteiger partial charge in [0.05, 0.1) is 17.0 Å². The van der Waals surface area contributed by atoms with Crippen molar-refractivity contribution in [3.8, 4) is 28.2 Å². The Bertz CT molecular complexity index is 1210. The zero-order valence-corrected chi connectivity index (χ0v) is 17.1. The molecule has 0 saturated carbocycles. The average Bonchev–Trinajstić information content (AvgIpc) is 3.09. The van der Waals surface area contributed by atoms with E-state index in [0.717, 1.165) is 28.1 Å². The van der Waals surface area contributed by atoms with Gasteiger partial charge >= 0.3 is 5.97 Å². The van der Waals surface area contributed by atoms with E-state index in [1.807, 2.05) is 66.1 Å². The van der Waals surface area contributed by atoms with Crippen molar-refractivity contribution in [2.75, 3.05) is 0 Å². The molecule has 1 heterocycles. The van der Waals surface area contributed by atoms with Crippen LogP contribution in [0.2, 0.25) is 10.0 Å². The summed E-state index contributed by atoms with van der Waals surface area (Å²) in [6, 6.07) is 24.2. The minimum atomic E-state index is -0.998. The van der Waals surface area contributed by atoms with Crippen LogP contribution < -0.4 is 0 Å². The quantitative estimate of drug-likeness (QED) is 0.380. The minimum Gasteiger partial charge on any atom is -0.478 e. The standard InChI is InChI=1S/C24H17Cl2NO2/c1-15-12-19(26)10-11-21(15)27-22(16-6-3-2-4-7-16)14-20(24(28)29)23(27)17-8-5-9-18(25)13-17/h2-14H,1H3,(H,28,29). The Labute approximate surface area is 178 Å². The lowest BCUT2D eigenvalue weighted by Gasteiger charge is -2.17. The third-order valence-corrected chi connectivity index (χ3v) is 5.27. The van der Waals surface area contributed by atoms with E-state index in [9.17, 15) is 9.90 Å². The van der Waals surface area contributed by atoms with Crippen molar-refractivity contribution in [1.29, 1.82) is 0 Å². The van der Waals surface area contributed by atoms with Gasteiger partial charge < -0.3 is 9.67 Å². The maximum atomic E-state index is 12.2. The zero-order valence-electron chi connectivity index (χ0n) is 15.6. The summed E-state index contributed by atoms with van der Waals surface area (Å²) in [5.74, 6) is -0.998. The van der Waals surface area contributed by atoms with Crippen LogP contribution in [0.4, 0.5) is 0 Å². The molecule has 1 aromatic heterocycles. The third kappa shape index (κ3) is 3.67. The molecule has 1 N–H and O–H groups in total. The molecule has 4 aromatic rings. The van der Waals surface area contributed by atoms with Gasteiger partial charge in [-0.15, -0.1) is 0 Å². The highest BCUT2D eigenvalue weighted by Gasteiger charge is 2.24. The van der Waals surface area contributed by atoms with E-state index < -0.39 is 5.97 Å². The van der Waals surface area contributed by atoms with Crippen LogP contribution >= 0.6 is 23.2 Å². The van der Waals surface area contributed by atoms with Crippen molar-refractivity contribution in [3.63, 3.8) is 0 Å². The average molecular weight is 422 g/mol. The summed E-state index contributed by atoms with van der Waals surface area (Å²) in [5, 5.41) is 11.1. The van der Waals surface area contributed by atoms with E-state index >= 15 is 0 Å². The first-order chi connectivity index (χ1) is 14.0. The van der Waals surface area contributed by atoms with Gasteiger partial charge in [-0.2, -0.15) is 0 Å². The molecular formula is C24H17Cl2NO2. The maximum absolute atomic E-state index is 12.2. The monoisotopic (exact) mass is 421 g/mol. The first-order valence-electron chi connectivity index (χ1n) is 9.02. The summed E-state index contributed by atoms with van der Waals surface area (Å²) < 4.78 is 1.97. The van der Waals surface area contributed by atoms with E-state index in [1.54, 1.807) is 24.3 Å². The van der Waals surface area contributed by atoms with Crippen molar-refractivity contribution in [2.45, 2.75) is 6.92 Å². The Hall–Kier alpha value is -3.01. The predicted molar refractivity (Wildman–Crippen MR) is 118 cm³/mol. The van der Waals surface area contributed by atoms with E-state index in [-0.39, 0.29) is 5.56 Å². The van der Waals surface area contributed by atoms with Gasteiger partial charge in [-0.3, -0.25) is 0 Å². The van der Waals surface area contributed by atoms with Crippen LogP contribution in [0.5, 0.6) is 0 Å². The zero-order chi connectivity index (χ0) is 20.5. The number of carboxylic acids is 1. The fourth-order valence-electron chi connectivity index (χ4n) is 3.54. The number of carboxylic acid groups (broad SMARTS) is 1. The Balaban J connectivity index is 2.13. The van der Waals surface area contributed by atoms with Crippen molar-refractivity contribution in [2.24, 2.45) is 0 Å². The van der Waals surface area contributed by atoms with E-state index in [1.165, 1.54) is 0 Å². The molecule has 0 aliphatic rings. The number of hydrogen-bond acceptors (Lipinski definition) is 1. The van der Waals surface area contributed by atoms with Gasteiger partial charge in [-0.25, -0.2) is 4.79 Å². The molecule has 0 fully saturated rings. The van der Waals surface area contributed by atoms with Gasteiger partial charge in [-0.1, -0.05) is 65.7 Å². The van der Waals surface area contributed by atoms with Gasteiger partial charge in [0.15, 0.2) is 0 Å². The topological polar surface area (TPSA) is 42.2 Å². The Kier molecular flexibility index (Phi) is 5.18. The second-order valence-corrected chi connectivity index (χ2v) is 7.61.